The molecule has 1 amide bonds. The Hall–Kier alpha value is -2.88. The number of carboxylic acid groups (broad SMARTS) is 1. The molecule has 4 heteroatoms. The van der Waals surface area contributed by atoms with E-state index >= 15 is 0 Å². The van der Waals surface area contributed by atoms with E-state index in [9.17, 15) is 9.59 Å². The smallest absolute Gasteiger partial charge is 0.331 e. The molecule has 2 aromatic carbocycles. The summed E-state index contributed by atoms with van der Waals surface area (Å²) in [5.74, 6) is -1.20. The van der Waals surface area contributed by atoms with Crippen LogP contribution in [0.25, 0.3) is 16.8 Å². The summed E-state index contributed by atoms with van der Waals surface area (Å²) in [5.41, 5.74) is 2.15. The Balaban J connectivity index is 2.57. The quantitative estimate of drug-likeness (QED) is 0.842. The average molecular weight is 295 g/mol. The first kappa shape index (κ1) is 15.5. The Morgan fingerprint density at radius 2 is 1.73 bits per heavy atom. The number of carboxylic acids is 1. The fraction of sp³-hybridized carbons (Fsp3) is 0.111. The minimum absolute atomic E-state index is 0.241. The second-order valence-electron chi connectivity index (χ2n) is 5.11. The van der Waals surface area contributed by atoms with Gasteiger partial charge in [0.25, 0.3) is 5.91 Å². The van der Waals surface area contributed by atoms with Crippen LogP contribution in [0.4, 0.5) is 5.69 Å². The van der Waals surface area contributed by atoms with Gasteiger partial charge in [-0.15, -0.1) is 0 Å². The molecule has 0 saturated carbocycles. The van der Waals surface area contributed by atoms with Crippen LogP contribution in [0.15, 0.2) is 54.1 Å². The Kier molecular flexibility index (Phi) is 4.41. The number of carbonyl (C=O) groups excluding carboxylic acids is 1. The summed E-state index contributed by atoms with van der Waals surface area (Å²) < 4.78 is 0. The third-order valence-electron chi connectivity index (χ3n) is 3.30. The lowest BCUT2D eigenvalue weighted by Crippen LogP contribution is -2.12. The second kappa shape index (κ2) is 6.26. The van der Waals surface area contributed by atoms with Crippen LogP contribution >= 0.6 is 0 Å². The van der Waals surface area contributed by atoms with E-state index in [-0.39, 0.29) is 11.5 Å². The fourth-order valence-electron chi connectivity index (χ4n) is 2.08. The van der Waals surface area contributed by atoms with E-state index in [1.807, 2.05) is 24.3 Å². The van der Waals surface area contributed by atoms with Crippen LogP contribution in [0.2, 0.25) is 0 Å². The molecule has 0 aliphatic carbocycles. The van der Waals surface area contributed by atoms with E-state index in [0.29, 0.717) is 11.3 Å². The van der Waals surface area contributed by atoms with E-state index in [2.05, 4.69) is 11.9 Å². The number of hydrogen-bond acceptors (Lipinski definition) is 2. The number of carbonyl (C=O) groups is 2. The SMILES string of the molecule is C=C(C)C(=O)Nc1ccc(C=C(C)C(=O)O)c2ccccc12. The van der Waals surface area contributed by atoms with Gasteiger partial charge in [0.05, 0.1) is 0 Å². The third kappa shape index (κ3) is 3.23. The van der Waals surface area contributed by atoms with E-state index in [1.165, 1.54) is 0 Å². The summed E-state index contributed by atoms with van der Waals surface area (Å²) in [6.07, 6.45) is 1.62. The predicted molar refractivity (Wildman–Crippen MR) is 88.7 cm³/mol. The van der Waals surface area contributed by atoms with Crippen molar-refractivity contribution in [3.63, 3.8) is 0 Å². The molecule has 0 saturated heterocycles. The van der Waals surface area contributed by atoms with Gasteiger partial charge in [0.15, 0.2) is 0 Å². The van der Waals surface area contributed by atoms with Crippen LogP contribution in [-0.2, 0) is 9.59 Å². The maximum atomic E-state index is 11.8. The summed E-state index contributed by atoms with van der Waals surface area (Å²) in [5, 5.41) is 13.6. The van der Waals surface area contributed by atoms with Crippen molar-refractivity contribution < 1.29 is 14.7 Å². The number of nitrogens with one attached hydrogen (secondary N) is 1. The van der Waals surface area contributed by atoms with Crippen molar-refractivity contribution in [2.24, 2.45) is 0 Å². The molecule has 0 radical (unpaired) electrons. The van der Waals surface area contributed by atoms with E-state index < -0.39 is 5.97 Å². The molecule has 0 fully saturated rings. The van der Waals surface area contributed by atoms with Gasteiger partial charge in [-0.1, -0.05) is 36.9 Å². The van der Waals surface area contributed by atoms with Gasteiger partial charge in [0, 0.05) is 22.2 Å². The standard InChI is InChI=1S/C18H17NO3/c1-11(2)17(20)19-16-9-8-13(10-12(3)18(21)22)14-6-4-5-7-15(14)16/h4-10H,1H2,2-3H3,(H,19,20)(H,21,22). The molecular weight excluding hydrogens is 278 g/mol. The Morgan fingerprint density at radius 3 is 2.32 bits per heavy atom. The maximum absolute atomic E-state index is 11.8. The number of amides is 1. The van der Waals surface area contributed by atoms with Crippen LogP contribution in [0.1, 0.15) is 19.4 Å². The van der Waals surface area contributed by atoms with Gasteiger partial charge in [-0.2, -0.15) is 0 Å². The van der Waals surface area contributed by atoms with Crippen LogP contribution in [0.5, 0.6) is 0 Å². The second-order valence-corrected chi connectivity index (χ2v) is 5.11. The molecule has 0 aromatic heterocycles. The predicted octanol–water partition coefficient (Wildman–Crippen LogP) is 3.84. The number of fused-ring (bicyclic) bond motifs is 1. The molecule has 4 nitrogen and oxygen atoms in total. The van der Waals surface area contributed by atoms with Crippen molar-refractivity contribution in [1.29, 1.82) is 0 Å². The monoisotopic (exact) mass is 295 g/mol. The van der Waals surface area contributed by atoms with Crippen molar-refractivity contribution >= 4 is 34.4 Å². The lowest BCUT2D eigenvalue weighted by molar-refractivity contribution is -0.132. The molecule has 2 aromatic rings. The molecule has 112 valence electrons. The number of rotatable bonds is 4. The molecule has 0 bridgehead atoms. The molecule has 0 spiro atoms. The Morgan fingerprint density at radius 1 is 1.09 bits per heavy atom. The highest BCUT2D eigenvalue weighted by Crippen LogP contribution is 2.28. The molecule has 2 rings (SSSR count). The number of benzene rings is 2. The Bertz CT molecular complexity index is 803. The summed E-state index contributed by atoms with van der Waals surface area (Å²) >= 11 is 0. The van der Waals surface area contributed by atoms with Gasteiger partial charge in [-0.25, -0.2) is 4.79 Å². The van der Waals surface area contributed by atoms with Crippen LogP contribution in [0.3, 0.4) is 0 Å². The molecule has 0 atom stereocenters. The summed E-state index contributed by atoms with van der Waals surface area (Å²) in [7, 11) is 0. The van der Waals surface area contributed by atoms with Gasteiger partial charge in [-0.3, -0.25) is 4.79 Å². The molecule has 0 aliphatic heterocycles. The van der Waals surface area contributed by atoms with E-state index in [1.54, 1.807) is 32.1 Å². The molecule has 22 heavy (non-hydrogen) atoms. The van der Waals surface area contributed by atoms with Gasteiger partial charge in [0.1, 0.15) is 0 Å². The van der Waals surface area contributed by atoms with Crippen molar-refractivity contribution in [1.82, 2.24) is 0 Å². The largest absolute Gasteiger partial charge is 0.478 e. The van der Waals surface area contributed by atoms with Crippen LogP contribution in [-0.4, -0.2) is 17.0 Å². The minimum Gasteiger partial charge on any atom is -0.478 e. The minimum atomic E-state index is -0.955. The number of anilines is 1. The molecule has 0 heterocycles. The lowest BCUT2D eigenvalue weighted by atomic mass is 10.0. The van der Waals surface area contributed by atoms with Crippen molar-refractivity contribution in [3.8, 4) is 0 Å². The first-order valence-corrected chi connectivity index (χ1v) is 6.80. The fourth-order valence-corrected chi connectivity index (χ4v) is 2.08. The summed E-state index contributed by atoms with van der Waals surface area (Å²) in [6.45, 7) is 6.81. The zero-order valence-corrected chi connectivity index (χ0v) is 12.5. The zero-order chi connectivity index (χ0) is 16.3. The highest BCUT2D eigenvalue weighted by Gasteiger charge is 2.09. The summed E-state index contributed by atoms with van der Waals surface area (Å²) in [6, 6.07) is 11.1. The van der Waals surface area contributed by atoms with Crippen LogP contribution < -0.4 is 5.32 Å². The summed E-state index contributed by atoms with van der Waals surface area (Å²) in [4.78, 5) is 22.8. The highest BCUT2D eigenvalue weighted by atomic mass is 16.4. The first-order valence-electron chi connectivity index (χ1n) is 6.80. The van der Waals surface area contributed by atoms with Gasteiger partial charge < -0.3 is 10.4 Å². The highest BCUT2D eigenvalue weighted by molar-refractivity contribution is 6.10. The molecular formula is C18H17NO3. The molecule has 2 N–H and O–H groups in total. The number of aliphatic carboxylic acids is 1. The van der Waals surface area contributed by atoms with Crippen LogP contribution in [0, 0.1) is 0 Å². The molecule has 0 aliphatic rings. The Labute approximate surface area is 128 Å². The maximum Gasteiger partial charge on any atom is 0.331 e. The van der Waals surface area contributed by atoms with Crippen molar-refractivity contribution in [2.45, 2.75) is 13.8 Å². The van der Waals surface area contributed by atoms with Gasteiger partial charge in [-0.05, 0) is 36.9 Å². The third-order valence-corrected chi connectivity index (χ3v) is 3.30. The van der Waals surface area contributed by atoms with Crippen molar-refractivity contribution in [3.05, 3.63) is 59.7 Å². The lowest BCUT2D eigenvalue weighted by Gasteiger charge is -2.11. The van der Waals surface area contributed by atoms with Gasteiger partial charge in [0.2, 0.25) is 0 Å². The van der Waals surface area contributed by atoms with E-state index in [0.717, 1.165) is 16.3 Å². The average Bonchev–Trinajstić information content (AvgIpc) is 2.49. The zero-order valence-electron chi connectivity index (χ0n) is 12.5. The topological polar surface area (TPSA) is 66.4 Å². The van der Waals surface area contributed by atoms with E-state index in [4.69, 9.17) is 5.11 Å². The number of hydrogen-bond donors (Lipinski definition) is 2. The van der Waals surface area contributed by atoms with Crippen molar-refractivity contribution in [2.75, 3.05) is 5.32 Å². The first-order chi connectivity index (χ1) is 10.4. The van der Waals surface area contributed by atoms with Gasteiger partial charge >= 0.3 is 5.97 Å². The normalized spacial score (nSPS) is 11.3. The molecule has 0 unspecified atom stereocenters.